The van der Waals surface area contributed by atoms with Crippen LogP contribution in [0.25, 0.3) is 0 Å². The summed E-state index contributed by atoms with van der Waals surface area (Å²) >= 11 is 3.37. The highest BCUT2D eigenvalue weighted by atomic mass is 79.9. The van der Waals surface area contributed by atoms with E-state index in [0.29, 0.717) is 12.6 Å². The van der Waals surface area contributed by atoms with Gasteiger partial charge in [-0.15, -0.1) is 0 Å². The number of anilines is 1. The molecule has 0 bridgehead atoms. The first-order valence-electron chi connectivity index (χ1n) is 5.95. The van der Waals surface area contributed by atoms with Crippen molar-refractivity contribution in [3.63, 3.8) is 0 Å². The lowest BCUT2D eigenvalue weighted by molar-refractivity contribution is -0.120. The minimum atomic E-state index is -0.147. The summed E-state index contributed by atoms with van der Waals surface area (Å²) < 4.78 is 6.13. The highest BCUT2D eigenvalue weighted by molar-refractivity contribution is 9.10. The SMILES string of the molecule is CC(C)NCCOCC(=O)Nc1ccccc1Br. The Kier molecular flexibility index (Phi) is 6.93. The maximum absolute atomic E-state index is 11.6. The fourth-order valence-electron chi connectivity index (χ4n) is 1.33. The lowest BCUT2D eigenvalue weighted by atomic mass is 10.3. The zero-order valence-corrected chi connectivity index (χ0v) is 12.3. The fourth-order valence-corrected chi connectivity index (χ4v) is 1.72. The van der Waals surface area contributed by atoms with Crippen molar-refractivity contribution in [1.29, 1.82) is 0 Å². The van der Waals surface area contributed by atoms with Crippen LogP contribution in [0.5, 0.6) is 0 Å². The number of ether oxygens (including phenoxy) is 1. The second-order valence-corrected chi connectivity index (χ2v) is 5.04. The summed E-state index contributed by atoms with van der Waals surface area (Å²) in [5.41, 5.74) is 0.756. The summed E-state index contributed by atoms with van der Waals surface area (Å²) in [6.07, 6.45) is 0. The molecule has 1 aromatic carbocycles. The highest BCUT2D eigenvalue weighted by Crippen LogP contribution is 2.20. The Hall–Kier alpha value is -0.910. The Bertz CT molecular complexity index is 383. The molecule has 0 unspecified atom stereocenters. The van der Waals surface area contributed by atoms with E-state index < -0.39 is 0 Å². The molecule has 1 aromatic rings. The maximum atomic E-state index is 11.6. The van der Waals surface area contributed by atoms with Crippen molar-refractivity contribution in [2.45, 2.75) is 19.9 Å². The van der Waals surface area contributed by atoms with Gasteiger partial charge in [0.05, 0.1) is 12.3 Å². The molecule has 0 aliphatic heterocycles. The Balaban J connectivity index is 2.20. The number of nitrogens with one attached hydrogen (secondary N) is 2. The van der Waals surface area contributed by atoms with E-state index in [-0.39, 0.29) is 12.5 Å². The predicted octanol–water partition coefficient (Wildman–Crippen LogP) is 2.40. The topological polar surface area (TPSA) is 50.4 Å². The van der Waals surface area contributed by atoms with Gasteiger partial charge in [-0.05, 0) is 28.1 Å². The second kappa shape index (κ2) is 8.24. The average Bonchev–Trinajstić information content (AvgIpc) is 2.31. The molecule has 0 aliphatic rings. The molecule has 0 spiro atoms. The minimum Gasteiger partial charge on any atom is -0.370 e. The number of rotatable bonds is 7. The van der Waals surface area contributed by atoms with Gasteiger partial charge in [0.15, 0.2) is 0 Å². The summed E-state index contributed by atoms with van der Waals surface area (Å²) in [7, 11) is 0. The van der Waals surface area contributed by atoms with Crippen LogP contribution in [-0.2, 0) is 9.53 Å². The fraction of sp³-hybridized carbons (Fsp3) is 0.462. The molecule has 1 rings (SSSR count). The van der Waals surface area contributed by atoms with E-state index in [1.165, 1.54) is 0 Å². The van der Waals surface area contributed by atoms with Gasteiger partial charge in [-0.25, -0.2) is 0 Å². The molecule has 0 radical (unpaired) electrons. The molecule has 0 saturated carbocycles. The van der Waals surface area contributed by atoms with Crippen molar-refractivity contribution in [1.82, 2.24) is 5.32 Å². The van der Waals surface area contributed by atoms with Crippen LogP contribution in [0, 0.1) is 0 Å². The van der Waals surface area contributed by atoms with Crippen LogP contribution in [0.1, 0.15) is 13.8 Å². The van der Waals surface area contributed by atoms with E-state index in [1.807, 2.05) is 24.3 Å². The van der Waals surface area contributed by atoms with Gasteiger partial charge in [0, 0.05) is 17.1 Å². The first-order valence-corrected chi connectivity index (χ1v) is 6.74. The molecule has 18 heavy (non-hydrogen) atoms. The molecule has 0 saturated heterocycles. The first kappa shape index (κ1) is 15.1. The number of carbonyl (C=O) groups excluding carboxylic acids is 1. The van der Waals surface area contributed by atoms with E-state index in [0.717, 1.165) is 16.7 Å². The monoisotopic (exact) mass is 314 g/mol. The van der Waals surface area contributed by atoms with E-state index in [9.17, 15) is 4.79 Å². The third-order valence-corrected chi connectivity index (χ3v) is 2.87. The number of halogens is 1. The van der Waals surface area contributed by atoms with Gasteiger partial charge in [0.2, 0.25) is 5.91 Å². The molecule has 0 aromatic heterocycles. The summed E-state index contributed by atoms with van der Waals surface area (Å²) in [6.45, 7) is 5.49. The molecule has 0 atom stereocenters. The van der Waals surface area contributed by atoms with Crippen molar-refractivity contribution in [2.24, 2.45) is 0 Å². The number of hydrogen-bond acceptors (Lipinski definition) is 3. The van der Waals surface area contributed by atoms with Crippen molar-refractivity contribution in [3.8, 4) is 0 Å². The lowest BCUT2D eigenvalue weighted by Gasteiger charge is -2.09. The van der Waals surface area contributed by atoms with Crippen LogP contribution in [0.3, 0.4) is 0 Å². The third kappa shape index (κ3) is 6.14. The molecule has 1 amide bonds. The number of hydrogen-bond donors (Lipinski definition) is 2. The third-order valence-electron chi connectivity index (χ3n) is 2.18. The number of benzene rings is 1. The Morgan fingerprint density at radius 1 is 1.39 bits per heavy atom. The predicted molar refractivity (Wildman–Crippen MR) is 76.7 cm³/mol. The summed E-state index contributed by atoms with van der Waals surface area (Å²) in [5.74, 6) is -0.147. The van der Waals surface area contributed by atoms with Crippen LogP contribution >= 0.6 is 15.9 Å². The van der Waals surface area contributed by atoms with Gasteiger partial charge in [0.1, 0.15) is 6.61 Å². The van der Waals surface area contributed by atoms with Gasteiger partial charge in [0.25, 0.3) is 0 Å². The molecule has 4 nitrogen and oxygen atoms in total. The van der Waals surface area contributed by atoms with Crippen LogP contribution in [0.2, 0.25) is 0 Å². The quantitative estimate of drug-likeness (QED) is 0.760. The lowest BCUT2D eigenvalue weighted by Crippen LogP contribution is -2.28. The van der Waals surface area contributed by atoms with Crippen molar-refractivity contribution < 1.29 is 9.53 Å². The highest BCUT2D eigenvalue weighted by Gasteiger charge is 2.04. The first-order chi connectivity index (χ1) is 8.59. The Morgan fingerprint density at radius 3 is 2.78 bits per heavy atom. The van der Waals surface area contributed by atoms with Crippen LogP contribution in [-0.4, -0.2) is 31.7 Å². The molecular weight excluding hydrogens is 296 g/mol. The van der Waals surface area contributed by atoms with Crippen LogP contribution in [0.15, 0.2) is 28.7 Å². The summed E-state index contributed by atoms with van der Waals surface area (Å²) in [5, 5.41) is 5.99. The number of amides is 1. The van der Waals surface area contributed by atoms with Gasteiger partial charge in [-0.3, -0.25) is 4.79 Å². The van der Waals surface area contributed by atoms with Gasteiger partial charge >= 0.3 is 0 Å². The van der Waals surface area contributed by atoms with E-state index in [4.69, 9.17) is 4.74 Å². The largest absolute Gasteiger partial charge is 0.370 e. The van der Waals surface area contributed by atoms with E-state index in [2.05, 4.69) is 40.4 Å². The number of carbonyl (C=O) groups is 1. The molecule has 5 heteroatoms. The average molecular weight is 315 g/mol. The molecule has 0 aliphatic carbocycles. The van der Waals surface area contributed by atoms with Gasteiger partial charge in [-0.1, -0.05) is 26.0 Å². The van der Waals surface area contributed by atoms with E-state index >= 15 is 0 Å². The molecule has 0 fully saturated rings. The Labute approximate surface area is 116 Å². The molecule has 2 N–H and O–H groups in total. The van der Waals surface area contributed by atoms with E-state index in [1.54, 1.807) is 0 Å². The standard InChI is InChI=1S/C13H19BrN2O2/c1-10(2)15-7-8-18-9-13(17)16-12-6-4-3-5-11(12)14/h3-6,10,15H,7-9H2,1-2H3,(H,16,17). The van der Waals surface area contributed by atoms with Crippen molar-refractivity contribution in [3.05, 3.63) is 28.7 Å². The van der Waals surface area contributed by atoms with Gasteiger partial charge in [-0.2, -0.15) is 0 Å². The van der Waals surface area contributed by atoms with Gasteiger partial charge < -0.3 is 15.4 Å². The zero-order chi connectivity index (χ0) is 13.4. The zero-order valence-electron chi connectivity index (χ0n) is 10.7. The number of para-hydroxylation sites is 1. The summed E-state index contributed by atoms with van der Waals surface area (Å²) in [6, 6.07) is 7.91. The second-order valence-electron chi connectivity index (χ2n) is 4.19. The van der Waals surface area contributed by atoms with Crippen molar-refractivity contribution in [2.75, 3.05) is 25.1 Å². The molecular formula is C13H19BrN2O2. The van der Waals surface area contributed by atoms with Crippen molar-refractivity contribution >= 4 is 27.5 Å². The molecule has 0 heterocycles. The minimum absolute atomic E-state index is 0.0705. The summed E-state index contributed by atoms with van der Waals surface area (Å²) in [4.78, 5) is 11.6. The Morgan fingerprint density at radius 2 is 2.11 bits per heavy atom. The normalized spacial score (nSPS) is 10.7. The van der Waals surface area contributed by atoms with Crippen LogP contribution < -0.4 is 10.6 Å². The smallest absolute Gasteiger partial charge is 0.250 e. The maximum Gasteiger partial charge on any atom is 0.250 e. The van der Waals surface area contributed by atoms with Crippen LogP contribution in [0.4, 0.5) is 5.69 Å². The molecule has 100 valence electrons.